The van der Waals surface area contributed by atoms with Gasteiger partial charge in [0.1, 0.15) is 20.2 Å². The lowest BCUT2D eigenvalue weighted by Crippen LogP contribution is -2.44. The summed E-state index contributed by atoms with van der Waals surface area (Å²) in [5, 5.41) is 18.2. The molecule has 31 heavy (non-hydrogen) atoms. The van der Waals surface area contributed by atoms with Crippen molar-refractivity contribution < 1.29 is 19.7 Å². The highest BCUT2D eigenvalue weighted by molar-refractivity contribution is 6.34. The number of rotatable bonds is 3. The quantitative estimate of drug-likeness (QED) is 0.747. The zero-order valence-electron chi connectivity index (χ0n) is 19.1. The van der Waals surface area contributed by atoms with Crippen molar-refractivity contribution in [1.29, 1.82) is 0 Å². The molecule has 0 unspecified atom stereocenters. The molecule has 1 aliphatic heterocycles. The Hall–Kier alpha value is -2.31. The van der Waals surface area contributed by atoms with Gasteiger partial charge in [-0.25, -0.2) is 0 Å². The summed E-state index contributed by atoms with van der Waals surface area (Å²) in [4.78, 5) is 14.8. The van der Waals surface area contributed by atoms with Crippen LogP contribution in [0.1, 0.15) is 67.9 Å². The zero-order chi connectivity index (χ0) is 23.0. The predicted molar refractivity (Wildman–Crippen MR) is 125 cm³/mol. The first-order chi connectivity index (χ1) is 14.4. The van der Waals surface area contributed by atoms with E-state index in [9.17, 15) is 4.79 Å². The van der Waals surface area contributed by atoms with Crippen molar-refractivity contribution in [3.63, 3.8) is 0 Å². The van der Waals surface area contributed by atoms with Crippen LogP contribution >= 0.6 is 0 Å². The Bertz CT molecular complexity index is 943. The van der Waals surface area contributed by atoms with Crippen LogP contribution in [-0.4, -0.2) is 48.3 Å². The SMILES string of the molecule is CC(C)(O)C(C)(C)O.[B]c1cccc(N2CCOc3cc(C4CC4)ccc3C2=O)c1C. The monoisotopic (exact) mass is 421 g/mol. The number of nitrogens with zero attached hydrogens (tertiary/aromatic N) is 1. The molecule has 2 aliphatic rings. The number of fused-ring (bicyclic) bond motifs is 1. The van der Waals surface area contributed by atoms with E-state index in [1.165, 1.54) is 18.4 Å². The van der Waals surface area contributed by atoms with Crippen molar-refractivity contribution in [3.8, 4) is 5.75 Å². The highest BCUT2D eigenvalue weighted by Crippen LogP contribution is 2.42. The highest BCUT2D eigenvalue weighted by atomic mass is 16.5. The van der Waals surface area contributed by atoms with Crippen LogP contribution < -0.4 is 15.1 Å². The van der Waals surface area contributed by atoms with Gasteiger partial charge in [-0.05, 0) is 82.7 Å². The zero-order valence-corrected chi connectivity index (χ0v) is 19.1. The number of hydrogen-bond acceptors (Lipinski definition) is 4. The molecule has 6 heteroatoms. The lowest BCUT2D eigenvalue weighted by atomic mass is 9.90. The van der Waals surface area contributed by atoms with Crippen LogP contribution in [0.15, 0.2) is 36.4 Å². The van der Waals surface area contributed by atoms with Gasteiger partial charge in [0.25, 0.3) is 5.91 Å². The first-order valence-corrected chi connectivity index (χ1v) is 10.8. The highest BCUT2D eigenvalue weighted by Gasteiger charge is 2.32. The molecule has 1 fully saturated rings. The predicted octanol–water partition coefficient (Wildman–Crippen LogP) is 3.23. The number of ether oxygens (including phenoxy) is 1. The second kappa shape index (κ2) is 8.68. The number of aliphatic hydroxyl groups is 2. The smallest absolute Gasteiger partial charge is 0.262 e. The van der Waals surface area contributed by atoms with Crippen molar-refractivity contribution in [1.82, 2.24) is 0 Å². The van der Waals surface area contributed by atoms with Gasteiger partial charge in [0, 0.05) is 5.69 Å². The average molecular weight is 421 g/mol. The summed E-state index contributed by atoms with van der Waals surface area (Å²) in [6, 6.07) is 11.7. The number of carbonyl (C=O) groups excluding carboxylic acids is 1. The minimum Gasteiger partial charge on any atom is -0.491 e. The maximum absolute atomic E-state index is 13.0. The minimum atomic E-state index is -1.01. The largest absolute Gasteiger partial charge is 0.491 e. The summed E-state index contributed by atoms with van der Waals surface area (Å²) in [5.41, 5.74) is 2.39. The molecule has 2 radical (unpaired) electrons. The molecule has 0 aromatic heterocycles. The molecule has 164 valence electrons. The minimum absolute atomic E-state index is 0.0199. The summed E-state index contributed by atoms with van der Waals surface area (Å²) in [7, 11) is 6.00. The lowest BCUT2D eigenvalue weighted by molar-refractivity contribution is -0.107. The van der Waals surface area contributed by atoms with Gasteiger partial charge in [0.2, 0.25) is 0 Å². The molecule has 0 atom stereocenters. The van der Waals surface area contributed by atoms with E-state index in [2.05, 4.69) is 6.07 Å². The van der Waals surface area contributed by atoms with Crippen LogP contribution in [0.2, 0.25) is 0 Å². The van der Waals surface area contributed by atoms with Gasteiger partial charge in [-0.15, -0.1) is 0 Å². The Kier molecular flexibility index (Phi) is 6.54. The summed E-state index contributed by atoms with van der Waals surface area (Å²) in [5.74, 6) is 1.34. The third kappa shape index (κ3) is 5.31. The Morgan fingerprint density at radius 2 is 1.71 bits per heavy atom. The second-order valence-corrected chi connectivity index (χ2v) is 9.44. The molecule has 0 saturated heterocycles. The van der Waals surface area contributed by atoms with Gasteiger partial charge in [-0.2, -0.15) is 0 Å². The van der Waals surface area contributed by atoms with E-state index >= 15 is 0 Å². The van der Waals surface area contributed by atoms with Gasteiger partial charge < -0.3 is 19.8 Å². The first kappa shape index (κ1) is 23.4. The van der Waals surface area contributed by atoms with E-state index in [0.717, 1.165) is 11.3 Å². The van der Waals surface area contributed by atoms with Crippen LogP contribution in [0.25, 0.3) is 0 Å². The summed E-state index contributed by atoms with van der Waals surface area (Å²) < 4.78 is 5.87. The Labute approximate surface area is 186 Å². The van der Waals surface area contributed by atoms with Crippen LogP contribution in [-0.2, 0) is 0 Å². The van der Waals surface area contributed by atoms with Crippen molar-refractivity contribution in [2.45, 2.75) is 64.6 Å². The van der Waals surface area contributed by atoms with Crippen molar-refractivity contribution >= 4 is 24.9 Å². The van der Waals surface area contributed by atoms with Crippen molar-refractivity contribution in [2.75, 3.05) is 18.1 Å². The van der Waals surface area contributed by atoms with Crippen LogP contribution in [0, 0.1) is 6.92 Å². The molecule has 1 heterocycles. The number of carbonyl (C=O) groups is 1. The van der Waals surface area contributed by atoms with Crippen LogP contribution in [0.5, 0.6) is 5.75 Å². The molecule has 2 aromatic carbocycles. The van der Waals surface area contributed by atoms with Gasteiger partial charge >= 0.3 is 0 Å². The second-order valence-electron chi connectivity index (χ2n) is 9.44. The van der Waals surface area contributed by atoms with Crippen LogP contribution in [0.4, 0.5) is 5.69 Å². The molecule has 1 saturated carbocycles. The fourth-order valence-electron chi connectivity index (χ4n) is 3.16. The lowest BCUT2D eigenvalue weighted by Gasteiger charge is -2.31. The van der Waals surface area contributed by atoms with E-state index < -0.39 is 11.2 Å². The number of hydrogen-bond donors (Lipinski definition) is 2. The van der Waals surface area contributed by atoms with Gasteiger partial charge in [-0.1, -0.05) is 23.7 Å². The summed E-state index contributed by atoms with van der Waals surface area (Å²) in [6.07, 6.45) is 2.47. The maximum Gasteiger partial charge on any atom is 0.262 e. The molecule has 2 aromatic rings. The fraction of sp³-hybridized carbons (Fsp3) is 0.480. The molecule has 1 amide bonds. The standard InChI is InChI=1S/C19H18BNO2.C6H14O2/c1-12-16(20)3-2-4-17(12)21-9-10-23-18-11-14(13-5-6-13)7-8-15(18)19(21)22;1-5(2,7)6(3,4)8/h2-4,7-8,11,13H,5-6,9-10H2,1H3;7-8H,1-4H3. The Morgan fingerprint density at radius 3 is 2.29 bits per heavy atom. The summed E-state index contributed by atoms with van der Waals surface area (Å²) >= 11 is 0. The molecular weight excluding hydrogens is 389 g/mol. The Balaban J connectivity index is 0.000000293. The third-order valence-corrected chi connectivity index (χ3v) is 6.24. The molecular formula is C25H32BNO4. The molecule has 0 bridgehead atoms. The Morgan fingerprint density at radius 1 is 1.06 bits per heavy atom. The van der Waals surface area contributed by atoms with E-state index in [4.69, 9.17) is 22.8 Å². The topological polar surface area (TPSA) is 70.0 Å². The van der Waals surface area contributed by atoms with Gasteiger partial charge in [0.15, 0.2) is 0 Å². The fourth-order valence-corrected chi connectivity index (χ4v) is 3.16. The third-order valence-electron chi connectivity index (χ3n) is 6.24. The molecule has 1 aliphatic carbocycles. The molecule has 4 rings (SSSR count). The molecule has 5 nitrogen and oxygen atoms in total. The van der Waals surface area contributed by atoms with Gasteiger partial charge in [0.05, 0.1) is 23.3 Å². The van der Waals surface area contributed by atoms with E-state index in [1.807, 2.05) is 37.3 Å². The van der Waals surface area contributed by atoms with E-state index in [1.54, 1.807) is 32.6 Å². The van der Waals surface area contributed by atoms with Crippen molar-refractivity contribution in [2.24, 2.45) is 0 Å². The van der Waals surface area contributed by atoms with Gasteiger partial charge in [-0.3, -0.25) is 4.79 Å². The molecule has 0 spiro atoms. The number of anilines is 1. The van der Waals surface area contributed by atoms with Crippen LogP contribution in [0.3, 0.4) is 0 Å². The first-order valence-electron chi connectivity index (χ1n) is 10.8. The number of benzene rings is 2. The summed E-state index contributed by atoms with van der Waals surface area (Å²) in [6.45, 7) is 9.26. The average Bonchev–Trinajstić information content (AvgIpc) is 3.52. The normalized spacial score (nSPS) is 16.6. The van der Waals surface area contributed by atoms with E-state index in [-0.39, 0.29) is 5.91 Å². The maximum atomic E-state index is 13.0. The molecule has 2 N–H and O–H groups in total. The van der Waals surface area contributed by atoms with Crippen molar-refractivity contribution in [3.05, 3.63) is 53.1 Å². The van der Waals surface area contributed by atoms with E-state index in [0.29, 0.717) is 35.8 Å². The number of amides is 1.